The molecule has 8 nitrogen and oxygen atoms in total. The maximum absolute atomic E-state index is 11.9. The van der Waals surface area contributed by atoms with Crippen molar-refractivity contribution in [2.24, 2.45) is 0 Å². The molecule has 22 heavy (non-hydrogen) atoms. The monoisotopic (exact) mass is 338 g/mol. The Labute approximate surface area is 132 Å². The molecule has 0 fully saturated rings. The van der Waals surface area contributed by atoms with Gasteiger partial charge >= 0.3 is 5.97 Å². The number of rotatable bonds is 4. The number of furan rings is 1. The first-order valence-electron chi connectivity index (χ1n) is 6.11. The number of aryl methyl sites for hydroxylation is 1. The molecule has 3 aromatic rings. The van der Waals surface area contributed by atoms with Crippen LogP contribution in [0.5, 0.6) is 0 Å². The Hall–Kier alpha value is -2.20. The highest BCUT2D eigenvalue weighted by Gasteiger charge is 2.13. The van der Waals surface area contributed by atoms with E-state index in [0.29, 0.717) is 26.5 Å². The Morgan fingerprint density at radius 2 is 2.27 bits per heavy atom. The Kier molecular flexibility index (Phi) is 3.94. The molecule has 0 aliphatic carbocycles. The van der Waals surface area contributed by atoms with Crippen molar-refractivity contribution in [3.05, 3.63) is 39.7 Å². The van der Waals surface area contributed by atoms with Crippen LogP contribution < -0.4 is 5.56 Å². The van der Waals surface area contributed by atoms with Crippen LogP contribution in [0.25, 0.3) is 4.96 Å². The summed E-state index contributed by atoms with van der Waals surface area (Å²) >= 11 is 2.65. The zero-order valence-corrected chi connectivity index (χ0v) is 13.2. The van der Waals surface area contributed by atoms with E-state index in [1.807, 2.05) is 0 Å². The molecule has 0 saturated carbocycles. The van der Waals surface area contributed by atoms with E-state index in [1.165, 1.54) is 34.7 Å². The molecule has 114 valence electrons. The smallest absolute Gasteiger partial charge is 0.373 e. The van der Waals surface area contributed by atoms with Gasteiger partial charge in [0.05, 0.1) is 12.9 Å². The van der Waals surface area contributed by atoms with Crippen molar-refractivity contribution in [1.29, 1.82) is 0 Å². The number of carbonyl (C=O) groups excluding carboxylic acids is 1. The molecule has 0 atom stereocenters. The van der Waals surface area contributed by atoms with Gasteiger partial charge in [0.2, 0.25) is 10.7 Å². The summed E-state index contributed by atoms with van der Waals surface area (Å²) in [7, 11) is 1.29. The van der Waals surface area contributed by atoms with Crippen LogP contribution in [-0.4, -0.2) is 32.9 Å². The van der Waals surface area contributed by atoms with E-state index >= 15 is 0 Å². The van der Waals surface area contributed by atoms with Crippen LogP contribution in [0.15, 0.2) is 25.7 Å². The molecule has 0 unspecified atom stereocenters. The normalized spacial score (nSPS) is 11.0. The highest BCUT2D eigenvalue weighted by molar-refractivity contribution is 8.00. The van der Waals surface area contributed by atoms with E-state index in [4.69, 9.17) is 4.42 Å². The summed E-state index contributed by atoms with van der Waals surface area (Å²) in [5, 5.41) is 11.9. The molecule has 0 aliphatic rings. The number of hydrogen-bond donors (Lipinski definition) is 0. The standard InChI is InChI=1S/C12H10N4O4S2/c1-6-9(17)16-11(14-13-6)22-12(15-16)21-5-7-3-4-8(20-7)10(18)19-2/h3-4H,5H2,1-2H3. The molecule has 0 saturated heterocycles. The third-order valence-electron chi connectivity index (χ3n) is 2.71. The van der Waals surface area contributed by atoms with Crippen LogP contribution >= 0.6 is 23.1 Å². The van der Waals surface area contributed by atoms with Crippen molar-refractivity contribution in [3.63, 3.8) is 0 Å². The lowest BCUT2D eigenvalue weighted by atomic mass is 10.4. The number of nitrogens with zero attached hydrogens (tertiary/aromatic N) is 4. The number of thioether (sulfide) groups is 1. The van der Waals surface area contributed by atoms with Crippen LogP contribution in [0.4, 0.5) is 0 Å². The maximum atomic E-state index is 11.9. The van der Waals surface area contributed by atoms with Crippen molar-refractivity contribution in [2.45, 2.75) is 17.0 Å². The second-order valence-corrected chi connectivity index (χ2v) is 6.38. The van der Waals surface area contributed by atoms with Crippen LogP contribution in [0.1, 0.15) is 22.0 Å². The van der Waals surface area contributed by atoms with E-state index in [2.05, 4.69) is 20.0 Å². The Morgan fingerprint density at radius 1 is 1.45 bits per heavy atom. The highest BCUT2D eigenvalue weighted by Crippen LogP contribution is 2.27. The lowest BCUT2D eigenvalue weighted by Gasteiger charge is -1.94. The predicted molar refractivity (Wildman–Crippen MR) is 79.3 cm³/mol. The third kappa shape index (κ3) is 2.74. The molecule has 0 bridgehead atoms. The van der Waals surface area contributed by atoms with Crippen molar-refractivity contribution in [2.75, 3.05) is 7.11 Å². The Bertz CT molecular complexity index is 898. The zero-order valence-electron chi connectivity index (χ0n) is 11.6. The van der Waals surface area contributed by atoms with Gasteiger partial charge in [-0.3, -0.25) is 4.79 Å². The lowest BCUT2D eigenvalue weighted by Crippen LogP contribution is -2.19. The summed E-state index contributed by atoms with van der Waals surface area (Å²) in [5.74, 6) is 0.714. The van der Waals surface area contributed by atoms with Gasteiger partial charge in [0.15, 0.2) is 4.34 Å². The second-order valence-electron chi connectivity index (χ2n) is 4.20. The van der Waals surface area contributed by atoms with Crippen molar-refractivity contribution < 1.29 is 13.9 Å². The minimum absolute atomic E-state index is 0.153. The molecule has 3 aromatic heterocycles. The zero-order chi connectivity index (χ0) is 15.7. The van der Waals surface area contributed by atoms with Gasteiger partial charge in [-0.2, -0.15) is 4.52 Å². The van der Waals surface area contributed by atoms with Gasteiger partial charge in [-0.1, -0.05) is 23.1 Å². The van der Waals surface area contributed by atoms with E-state index in [0.717, 1.165) is 0 Å². The summed E-state index contributed by atoms with van der Waals surface area (Å²) in [5.41, 5.74) is 0.0205. The van der Waals surface area contributed by atoms with Gasteiger partial charge in [-0.25, -0.2) is 4.79 Å². The summed E-state index contributed by atoms with van der Waals surface area (Å²) in [6.45, 7) is 1.59. The fourth-order valence-corrected chi connectivity index (χ4v) is 3.40. The van der Waals surface area contributed by atoms with Crippen LogP contribution in [0.2, 0.25) is 0 Å². The number of methoxy groups -OCH3 is 1. The SMILES string of the molecule is COC(=O)c1ccc(CSc2nn3c(=O)c(C)nnc3s2)o1. The summed E-state index contributed by atoms with van der Waals surface area (Å²) < 4.78 is 11.8. The molecular formula is C12H10N4O4S2. The van der Waals surface area contributed by atoms with Gasteiger partial charge < -0.3 is 9.15 Å². The first kappa shape index (κ1) is 14.7. The van der Waals surface area contributed by atoms with Gasteiger partial charge in [-0.15, -0.1) is 15.3 Å². The quantitative estimate of drug-likeness (QED) is 0.521. The number of hydrogen-bond acceptors (Lipinski definition) is 9. The largest absolute Gasteiger partial charge is 0.463 e. The van der Waals surface area contributed by atoms with Crippen molar-refractivity contribution >= 4 is 34.0 Å². The van der Waals surface area contributed by atoms with Crippen molar-refractivity contribution in [1.82, 2.24) is 19.8 Å². The maximum Gasteiger partial charge on any atom is 0.373 e. The second kappa shape index (κ2) is 5.89. The minimum Gasteiger partial charge on any atom is -0.463 e. The highest BCUT2D eigenvalue weighted by atomic mass is 32.2. The number of esters is 1. The topological polar surface area (TPSA) is 99.6 Å². The molecular weight excluding hydrogens is 328 g/mol. The predicted octanol–water partition coefficient (Wildman–Crippen LogP) is 1.53. The van der Waals surface area contributed by atoms with Crippen LogP contribution in [-0.2, 0) is 10.5 Å². The fourth-order valence-electron chi connectivity index (χ4n) is 1.63. The molecule has 3 rings (SSSR count). The number of aromatic nitrogens is 4. The molecule has 0 radical (unpaired) electrons. The summed E-state index contributed by atoms with van der Waals surface area (Å²) in [6, 6.07) is 3.25. The number of carbonyl (C=O) groups is 1. The van der Waals surface area contributed by atoms with Gasteiger partial charge in [-0.05, 0) is 19.1 Å². The fraction of sp³-hybridized carbons (Fsp3) is 0.250. The minimum atomic E-state index is -0.520. The Balaban J connectivity index is 1.77. The molecule has 0 amide bonds. The molecule has 0 spiro atoms. The van der Waals surface area contributed by atoms with E-state index in [1.54, 1.807) is 19.1 Å². The van der Waals surface area contributed by atoms with E-state index in [-0.39, 0.29) is 11.3 Å². The first-order valence-corrected chi connectivity index (χ1v) is 7.91. The average molecular weight is 338 g/mol. The third-order valence-corrected chi connectivity index (χ3v) is 4.77. The molecule has 10 heteroatoms. The van der Waals surface area contributed by atoms with Crippen molar-refractivity contribution in [3.8, 4) is 0 Å². The van der Waals surface area contributed by atoms with Gasteiger partial charge in [0, 0.05) is 0 Å². The van der Waals surface area contributed by atoms with E-state index < -0.39 is 5.97 Å². The lowest BCUT2D eigenvalue weighted by molar-refractivity contribution is 0.0563. The molecule has 0 aliphatic heterocycles. The van der Waals surface area contributed by atoms with Crippen LogP contribution in [0.3, 0.4) is 0 Å². The molecule has 0 aromatic carbocycles. The van der Waals surface area contributed by atoms with E-state index in [9.17, 15) is 9.59 Å². The summed E-state index contributed by atoms with van der Waals surface area (Å²) in [6.07, 6.45) is 0. The summed E-state index contributed by atoms with van der Waals surface area (Å²) in [4.78, 5) is 23.6. The number of ether oxygens (including phenoxy) is 1. The van der Waals surface area contributed by atoms with Gasteiger partial charge in [0.1, 0.15) is 11.5 Å². The van der Waals surface area contributed by atoms with Crippen LogP contribution in [0, 0.1) is 6.92 Å². The van der Waals surface area contributed by atoms with Gasteiger partial charge in [0.25, 0.3) is 5.56 Å². The first-order chi connectivity index (χ1) is 10.6. The average Bonchev–Trinajstić information content (AvgIpc) is 3.15. The number of fused-ring (bicyclic) bond motifs is 1. The Morgan fingerprint density at radius 3 is 3.05 bits per heavy atom. The molecule has 3 heterocycles. The molecule has 0 N–H and O–H groups in total.